The highest BCUT2D eigenvalue weighted by molar-refractivity contribution is 8.26. The second-order valence-corrected chi connectivity index (χ2v) is 5.36. The summed E-state index contributed by atoms with van der Waals surface area (Å²) in [6, 6.07) is 0. The van der Waals surface area contributed by atoms with Crippen LogP contribution in [0, 0.1) is 0 Å². The molecule has 0 spiro atoms. The van der Waals surface area contributed by atoms with E-state index in [9.17, 15) is 9.59 Å². The standard InChI is InChI=1S/C11H15NO3S2/c1-2-8-10(15)12(11(16)17-8)7-5-3-4-6-9(13)14/h2H,3-7H2,1H3,(H,13,14)/b8-2+. The van der Waals surface area contributed by atoms with Gasteiger partial charge in [0.1, 0.15) is 4.32 Å². The molecule has 4 nitrogen and oxygen atoms in total. The normalized spacial score (nSPS) is 18.2. The molecule has 1 N–H and O–H groups in total. The van der Waals surface area contributed by atoms with Crippen molar-refractivity contribution in [2.45, 2.75) is 32.6 Å². The zero-order valence-corrected chi connectivity index (χ0v) is 11.3. The number of allylic oxidation sites excluding steroid dienone is 1. The van der Waals surface area contributed by atoms with Gasteiger partial charge in [0.05, 0.1) is 4.91 Å². The van der Waals surface area contributed by atoms with E-state index in [1.807, 2.05) is 6.92 Å². The fraction of sp³-hybridized carbons (Fsp3) is 0.545. The number of carboxylic acid groups (broad SMARTS) is 1. The summed E-state index contributed by atoms with van der Waals surface area (Å²) in [4.78, 5) is 24.4. The SMILES string of the molecule is C/C=C1/SC(=S)N(CCCCCC(=O)O)C1=O. The maximum atomic E-state index is 11.8. The van der Waals surface area contributed by atoms with Gasteiger partial charge in [-0.1, -0.05) is 36.5 Å². The molecule has 1 aliphatic heterocycles. The predicted molar refractivity (Wildman–Crippen MR) is 71.8 cm³/mol. The fourth-order valence-corrected chi connectivity index (χ4v) is 2.74. The summed E-state index contributed by atoms with van der Waals surface area (Å²) in [6.45, 7) is 2.40. The summed E-state index contributed by atoms with van der Waals surface area (Å²) in [7, 11) is 0. The van der Waals surface area contributed by atoms with E-state index in [1.54, 1.807) is 11.0 Å². The van der Waals surface area contributed by atoms with Gasteiger partial charge in [0.25, 0.3) is 5.91 Å². The largest absolute Gasteiger partial charge is 0.481 e. The average molecular weight is 273 g/mol. The monoisotopic (exact) mass is 273 g/mol. The van der Waals surface area contributed by atoms with E-state index in [4.69, 9.17) is 17.3 Å². The lowest BCUT2D eigenvalue weighted by molar-refractivity contribution is -0.137. The number of carbonyl (C=O) groups excluding carboxylic acids is 1. The number of aliphatic carboxylic acids is 1. The second kappa shape index (κ2) is 6.76. The summed E-state index contributed by atoms with van der Waals surface area (Å²) >= 11 is 6.44. The number of hydrogen-bond acceptors (Lipinski definition) is 4. The Bertz CT molecular complexity index is 366. The Morgan fingerprint density at radius 3 is 2.71 bits per heavy atom. The zero-order chi connectivity index (χ0) is 12.8. The van der Waals surface area contributed by atoms with Crippen LogP contribution in [0.5, 0.6) is 0 Å². The minimum Gasteiger partial charge on any atom is -0.481 e. The Balaban J connectivity index is 2.30. The summed E-state index contributed by atoms with van der Waals surface area (Å²) in [5.74, 6) is -0.801. The third-order valence-corrected chi connectivity index (χ3v) is 3.90. The van der Waals surface area contributed by atoms with Gasteiger partial charge in [-0.15, -0.1) is 0 Å². The van der Waals surface area contributed by atoms with Crippen LogP contribution in [0.3, 0.4) is 0 Å². The Labute approximate surface area is 110 Å². The molecule has 6 heteroatoms. The van der Waals surface area contributed by atoms with Gasteiger partial charge >= 0.3 is 5.97 Å². The highest BCUT2D eigenvalue weighted by atomic mass is 32.2. The van der Waals surface area contributed by atoms with Gasteiger partial charge in [-0.2, -0.15) is 0 Å². The maximum absolute atomic E-state index is 11.8. The first-order chi connectivity index (χ1) is 8.06. The molecule has 0 atom stereocenters. The van der Waals surface area contributed by atoms with Gasteiger partial charge in [-0.05, 0) is 19.8 Å². The van der Waals surface area contributed by atoms with Crippen molar-refractivity contribution in [2.24, 2.45) is 0 Å². The Hall–Kier alpha value is -0.880. The maximum Gasteiger partial charge on any atom is 0.303 e. The van der Waals surface area contributed by atoms with Crippen molar-refractivity contribution in [1.29, 1.82) is 0 Å². The van der Waals surface area contributed by atoms with Crippen molar-refractivity contribution in [1.82, 2.24) is 4.90 Å². The van der Waals surface area contributed by atoms with Crippen molar-refractivity contribution in [3.05, 3.63) is 11.0 Å². The number of rotatable bonds is 6. The first-order valence-corrected chi connectivity index (χ1v) is 6.70. The fourth-order valence-electron chi connectivity index (χ4n) is 1.51. The minimum atomic E-state index is -0.774. The van der Waals surface area contributed by atoms with E-state index in [1.165, 1.54) is 11.8 Å². The molecule has 94 valence electrons. The van der Waals surface area contributed by atoms with Crippen molar-refractivity contribution >= 4 is 40.2 Å². The van der Waals surface area contributed by atoms with E-state index < -0.39 is 5.97 Å². The minimum absolute atomic E-state index is 0.0271. The number of thioether (sulfide) groups is 1. The van der Waals surface area contributed by atoms with Crippen LogP contribution in [0.1, 0.15) is 32.6 Å². The highest BCUT2D eigenvalue weighted by Crippen LogP contribution is 2.30. The summed E-state index contributed by atoms with van der Waals surface area (Å²) < 4.78 is 0.598. The lowest BCUT2D eigenvalue weighted by Gasteiger charge is -2.13. The first-order valence-electron chi connectivity index (χ1n) is 5.48. The van der Waals surface area contributed by atoms with Gasteiger partial charge in [-0.25, -0.2) is 0 Å². The second-order valence-electron chi connectivity index (χ2n) is 3.68. The molecule has 1 saturated heterocycles. The molecule has 1 aliphatic rings. The van der Waals surface area contributed by atoms with Crippen LogP contribution in [0.25, 0.3) is 0 Å². The summed E-state index contributed by atoms with van der Waals surface area (Å²) in [5, 5.41) is 8.48. The van der Waals surface area contributed by atoms with Crippen molar-refractivity contribution < 1.29 is 14.7 Å². The highest BCUT2D eigenvalue weighted by Gasteiger charge is 2.30. The number of nitrogens with zero attached hydrogens (tertiary/aromatic N) is 1. The molecule has 0 radical (unpaired) electrons. The van der Waals surface area contributed by atoms with Crippen LogP contribution in [0.4, 0.5) is 0 Å². The molecule has 0 aromatic carbocycles. The average Bonchev–Trinajstić information content (AvgIpc) is 2.54. The molecule has 1 heterocycles. The Morgan fingerprint density at radius 1 is 1.47 bits per heavy atom. The van der Waals surface area contributed by atoms with Crippen LogP contribution in [-0.4, -0.2) is 32.7 Å². The molecule has 1 amide bonds. The van der Waals surface area contributed by atoms with E-state index >= 15 is 0 Å². The van der Waals surface area contributed by atoms with Crippen LogP contribution >= 0.6 is 24.0 Å². The van der Waals surface area contributed by atoms with Crippen LogP contribution < -0.4 is 0 Å². The number of thiocarbonyl (C=S) groups is 1. The van der Waals surface area contributed by atoms with Crippen molar-refractivity contribution in [2.75, 3.05) is 6.54 Å². The summed E-state index contributed by atoms with van der Waals surface area (Å²) in [6.07, 6.45) is 4.19. The number of unbranched alkanes of at least 4 members (excludes halogenated alkanes) is 2. The van der Waals surface area contributed by atoms with Crippen molar-refractivity contribution in [3.8, 4) is 0 Å². The topological polar surface area (TPSA) is 57.6 Å². The van der Waals surface area contributed by atoms with Gasteiger partial charge in [0, 0.05) is 13.0 Å². The smallest absolute Gasteiger partial charge is 0.303 e. The number of amides is 1. The molecule has 1 rings (SSSR count). The van der Waals surface area contributed by atoms with E-state index in [0.717, 1.165) is 12.8 Å². The van der Waals surface area contributed by atoms with E-state index in [0.29, 0.717) is 22.2 Å². The van der Waals surface area contributed by atoms with Gasteiger partial charge in [0.15, 0.2) is 0 Å². The molecule has 0 aliphatic carbocycles. The van der Waals surface area contributed by atoms with E-state index in [2.05, 4.69) is 0 Å². The lowest BCUT2D eigenvalue weighted by Crippen LogP contribution is -2.29. The quantitative estimate of drug-likeness (QED) is 0.457. The number of carbonyl (C=O) groups is 2. The van der Waals surface area contributed by atoms with Crippen LogP contribution in [-0.2, 0) is 9.59 Å². The Morgan fingerprint density at radius 2 is 2.18 bits per heavy atom. The molecule has 0 aromatic rings. The number of hydrogen-bond donors (Lipinski definition) is 1. The molecule has 1 fully saturated rings. The Kier molecular flexibility index (Phi) is 5.64. The van der Waals surface area contributed by atoms with Crippen LogP contribution in [0.2, 0.25) is 0 Å². The third kappa shape index (κ3) is 4.12. The first kappa shape index (κ1) is 14.2. The molecule has 0 saturated carbocycles. The van der Waals surface area contributed by atoms with Crippen LogP contribution in [0.15, 0.2) is 11.0 Å². The lowest BCUT2D eigenvalue weighted by atomic mass is 10.2. The number of carboxylic acids is 1. The summed E-state index contributed by atoms with van der Waals surface area (Å²) in [5.41, 5.74) is 0. The predicted octanol–water partition coefficient (Wildman–Crippen LogP) is 2.40. The molecule has 0 unspecified atom stereocenters. The molecular weight excluding hydrogens is 258 g/mol. The zero-order valence-electron chi connectivity index (χ0n) is 9.64. The van der Waals surface area contributed by atoms with Gasteiger partial charge in [-0.3, -0.25) is 14.5 Å². The van der Waals surface area contributed by atoms with Gasteiger partial charge < -0.3 is 5.11 Å². The third-order valence-electron chi connectivity index (χ3n) is 2.41. The van der Waals surface area contributed by atoms with E-state index in [-0.39, 0.29) is 12.3 Å². The molecule has 0 aromatic heterocycles. The molecule has 0 bridgehead atoms. The van der Waals surface area contributed by atoms with Gasteiger partial charge in [0.2, 0.25) is 0 Å². The molecule has 17 heavy (non-hydrogen) atoms. The molecular formula is C11H15NO3S2. The van der Waals surface area contributed by atoms with Crippen molar-refractivity contribution in [3.63, 3.8) is 0 Å².